The highest BCUT2D eigenvalue weighted by molar-refractivity contribution is 7.52. The Morgan fingerprint density at radius 3 is 2.74 bits per heavy atom. The van der Waals surface area contributed by atoms with Gasteiger partial charge in [-0.05, 0) is 39.8 Å². The maximum Gasteiger partial charge on any atom is 0.459 e. The zero-order chi connectivity index (χ0) is 27.7. The molecular weight excluding hydrogens is 522 g/mol. The molecule has 4 N–H and O–H groups in total. The molecule has 0 bridgehead atoms. The van der Waals surface area contributed by atoms with Crippen molar-refractivity contribution in [2.24, 2.45) is 0 Å². The van der Waals surface area contributed by atoms with Crippen LogP contribution in [-0.2, 0) is 23.4 Å². The fourth-order valence-corrected chi connectivity index (χ4v) is 5.68. The van der Waals surface area contributed by atoms with Crippen LogP contribution in [0.4, 0.5) is 10.2 Å². The van der Waals surface area contributed by atoms with Crippen molar-refractivity contribution < 1.29 is 37.4 Å². The minimum atomic E-state index is -4.31. The van der Waals surface area contributed by atoms with Crippen molar-refractivity contribution in [1.82, 2.24) is 24.7 Å². The Balaban J connectivity index is 1.57. The number of carbonyl (C=O) groups is 1. The molecule has 0 saturated carbocycles. The number of aliphatic hydroxyl groups is 1. The van der Waals surface area contributed by atoms with E-state index in [0.29, 0.717) is 0 Å². The standard InChI is InChI=1S/C23H30FN6O7P/c1-5-34-21(32)22(2,3)29-38(33,37-14-9-7-6-8-10-14)35-12-16-17(31)23(4,24)18(36-16)15-11-26-20-19(25)27-13-28-30(15)20/h6-11,13,16-18,31H,5,12H2,1-4H3,(H,29,33)(H2,25,27,28). The van der Waals surface area contributed by atoms with Gasteiger partial charge in [-0.2, -0.15) is 10.2 Å². The zero-order valence-corrected chi connectivity index (χ0v) is 22.2. The number of fused-ring (bicyclic) bond motifs is 1. The van der Waals surface area contributed by atoms with Crippen LogP contribution in [0.2, 0.25) is 0 Å². The smallest absolute Gasteiger partial charge is 0.459 e. The van der Waals surface area contributed by atoms with Crippen molar-refractivity contribution in [2.45, 2.75) is 57.2 Å². The second-order valence-corrected chi connectivity index (χ2v) is 11.0. The van der Waals surface area contributed by atoms with Crippen LogP contribution in [0.3, 0.4) is 0 Å². The Hall–Kier alpha value is -3.16. The van der Waals surface area contributed by atoms with Crippen molar-refractivity contribution in [3.8, 4) is 5.75 Å². The molecule has 0 spiro atoms. The number of carbonyl (C=O) groups excluding carboxylic acids is 1. The molecule has 1 aliphatic heterocycles. The van der Waals surface area contributed by atoms with E-state index in [1.54, 1.807) is 37.3 Å². The van der Waals surface area contributed by atoms with Gasteiger partial charge in [0.25, 0.3) is 0 Å². The second kappa shape index (κ2) is 10.5. The molecule has 5 atom stereocenters. The largest absolute Gasteiger partial charge is 0.465 e. The quantitative estimate of drug-likeness (QED) is 0.248. The van der Waals surface area contributed by atoms with E-state index in [0.717, 1.165) is 6.92 Å². The maximum atomic E-state index is 15.8. The molecule has 5 unspecified atom stereocenters. The molecule has 206 valence electrons. The van der Waals surface area contributed by atoms with Gasteiger partial charge >= 0.3 is 13.7 Å². The number of nitrogens with one attached hydrogen (secondary N) is 1. The van der Waals surface area contributed by atoms with Gasteiger partial charge in [0.2, 0.25) is 0 Å². The van der Waals surface area contributed by atoms with Crippen molar-refractivity contribution in [2.75, 3.05) is 18.9 Å². The van der Waals surface area contributed by atoms with Crippen LogP contribution in [-0.4, -0.2) is 67.3 Å². The van der Waals surface area contributed by atoms with E-state index in [1.807, 2.05) is 0 Å². The van der Waals surface area contributed by atoms with Crippen LogP contribution in [0.25, 0.3) is 5.65 Å². The Morgan fingerprint density at radius 2 is 2.05 bits per heavy atom. The molecule has 1 saturated heterocycles. The minimum Gasteiger partial charge on any atom is -0.465 e. The molecular formula is C23H30FN6O7P. The third-order valence-electron chi connectivity index (χ3n) is 5.96. The first kappa shape index (κ1) is 27.9. The number of aromatic nitrogens is 4. The van der Waals surface area contributed by atoms with Crippen molar-refractivity contribution in [1.29, 1.82) is 0 Å². The van der Waals surface area contributed by atoms with Gasteiger partial charge in [-0.15, -0.1) is 0 Å². The van der Waals surface area contributed by atoms with Crippen LogP contribution in [0.5, 0.6) is 5.75 Å². The fourth-order valence-electron chi connectivity index (χ4n) is 3.99. The number of anilines is 1. The van der Waals surface area contributed by atoms with E-state index in [4.69, 9.17) is 24.3 Å². The molecule has 38 heavy (non-hydrogen) atoms. The number of nitrogens with two attached hydrogens (primary N) is 1. The predicted molar refractivity (Wildman–Crippen MR) is 133 cm³/mol. The summed E-state index contributed by atoms with van der Waals surface area (Å²) in [5.74, 6) is -0.422. The number of nitrogen functional groups attached to an aromatic ring is 1. The first-order valence-electron chi connectivity index (χ1n) is 11.8. The number of hydrogen-bond acceptors (Lipinski definition) is 11. The summed E-state index contributed by atoms with van der Waals surface area (Å²) in [6.07, 6.45) is -1.79. The lowest BCUT2D eigenvalue weighted by molar-refractivity contribution is -0.149. The number of rotatable bonds is 10. The van der Waals surface area contributed by atoms with Gasteiger partial charge in [0.1, 0.15) is 35.9 Å². The van der Waals surface area contributed by atoms with Crippen LogP contribution < -0.4 is 15.3 Å². The number of para-hydroxylation sites is 1. The minimum absolute atomic E-state index is 0.0829. The number of imidazole rings is 1. The molecule has 1 aliphatic rings. The fraction of sp³-hybridized carbons (Fsp3) is 0.478. The van der Waals surface area contributed by atoms with E-state index in [2.05, 4.69) is 20.2 Å². The van der Waals surface area contributed by atoms with Crippen molar-refractivity contribution in [3.63, 3.8) is 0 Å². The highest BCUT2D eigenvalue weighted by Gasteiger charge is 2.56. The Labute approximate surface area is 218 Å². The SMILES string of the molecule is CCOC(=O)C(C)(C)NP(=O)(OCC1OC(c2cnc3c(N)ncnn23)C(C)(F)C1O)Oc1ccccc1. The molecule has 13 nitrogen and oxygen atoms in total. The van der Waals surface area contributed by atoms with Gasteiger partial charge in [0, 0.05) is 0 Å². The van der Waals surface area contributed by atoms with Crippen LogP contribution >= 0.6 is 7.75 Å². The molecule has 0 amide bonds. The van der Waals surface area contributed by atoms with E-state index in [-0.39, 0.29) is 29.5 Å². The summed E-state index contributed by atoms with van der Waals surface area (Å²) in [5, 5.41) is 17.4. The summed E-state index contributed by atoms with van der Waals surface area (Å²) in [5.41, 5.74) is 2.40. The summed E-state index contributed by atoms with van der Waals surface area (Å²) in [4.78, 5) is 20.4. The highest BCUT2D eigenvalue weighted by atomic mass is 31.2. The summed E-state index contributed by atoms with van der Waals surface area (Å²) in [7, 11) is -4.31. The van der Waals surface area contributed by atoms with E-state index >= 15 is 4.39 Å². The maximum absolute atomic E-state index is 15.8. The zero-order valence-electron chi connectivity index (χ0n) is 21.3. The molecule has 1 aromatic carbocycles. The van der Waals surface area contributed by atoms with Gasteiger partial charge < -0.3 is 24.8 Å². The Bertz CT molecular complexity index is 1340. The molecule has 3 aromatic rings. The Morgan fingerprint density at radius 1 is 1.34 bits per heavy atom. The van der Waals surface area contributed by atoms with Crippen LogP contribution in [0.15, 0.2) is 42.9 Å². The van der Waals surface area contributed by atoms with E-state index in [9.17, 15) is 14.5 Å². The lowest BCUT2D eigenvalue weighted by atomic mass is 9.93. The number of esters is 1. The molecule has 15 heteroatoms. The number of ether oxygens (including phenoxy) is 2. The van der Waals surface area contributed by atoms with Crippen molar-refractivity contribution >= 4 is 25.2 Å². The summed E-state index contributed by atoms with van der Waals surface area (Å²) in [6.45, 7) is 5.24. The molecule has 1 fully saturated rings. The first-order valence-corrected chi connectivity index (χ1v) is 13.3. The van der Waals surface area contributed by atoms with Crippen LogP contribution in [0.1, 0.15) is 39.5 Å². The topological polar surface area (TPSA) is 172 Å². The molecule has 0 aliphatic carbocycles. The number of hydrogen-bond donors (Lipinski definition) is 3. The molecule has 0 radical (unpaired) electrons. The number of nitrogens with zero attached hydrogens (tertiary/aromatic N) is 4. The van der Waals surface area contributed by atoms with Gasteiger partial charge in [0.05, 0.1) is 25.1 Å². The normalized spacial score (nSPS) is 25.3. The van der Waals surface area contributed by atoms with Gasteiger partial charge in [0.15, 0.2) is 17.1 Å². The number of halogens is 1. The van der Waals surface area contributed by atoms with E-state index < -0.39 is 49.8 Å². The average Bonchev–Trinajstić information content (AvgIpc) is 3.37. The predicted octanol–water partition coefficient (Wildman–Crippen LogP) is 2.37. The lowest BCUT2D eigenvalue weighted by Gasteiger charge is -2.29. The third-order valence-corrected chi connectivity index (χ3v) is 7.73. The summed E-state index contributed by atoms with van der Waals surface area (Å²) in [6, 6.07) is 8.14. The van der Waals surface area contributed by atoms with Gasteiger partial charge in [-0.3, -0.25) is 9.32 Å². The average molecular weight is 553 g/mol. The van der Waals surface area contributed by atoms with Crippen LogP contribution in [0, 0.1) is 0 Å². The van der Waals surface area contributed by atoms with Gasteiger partial charge in [-0.25, -0.2) is 23.4 Å². The second-order valence-electron chi connectivity index (χ2n) is 9.37. The number of aliphatic hydroxyl groups excluding tert-OH is 1. The number of alkyl halides is 1. The Kier molecular flexibility index (Phi) is 7.73. The summed E-state index contributed by atoms with van der Waals surface area (Å²) >= 11 is 0. The summed E-state index contributed by atoms with van der Waals surface area (Å²) < 4.78 is 53.0. The monoisotopic (exact) mass is 552 g/mol. The molecule has 3 heterocycles. The van der Waals surface area contributed by atoms with E-state index in [1.165, 1.54) is 30.9 Å². The first-order chi connectivity index (χ1) is 17.9. The molecule has 4 rings (SSSR count). The number of benzene rings is 1. The van der Waals surface area contributed by atoms with Crippen molar-refractivity contribution in [3.05, 3.63) is 48.5 Å². The highest BCUT2D eigenvalue weighted by Crippen LogP contribution is 2.49. The molecule has 2 aromatic heterocycles. The third kappa shape index (κ3) is 5.49. The van der Waals surface area contributed by atoms with Gasteiger partial charge in [-0.1, -0.05) is 18.2 Å². The lowest BCUT2D eigenvalue weighted by Crippen LogP contribution is -2.47.